The smallest absolute Gasteiger partial charge is 0.323 e. The Morgan fingerprint density at radius 3 is 2.81 bits per heavy atom. The van der Waals surface area contributed by atoms with Crippen LogP contribution < -0.4 is 5.73 Å². The highest BCUT2D eigenvalue weighted by Crippen LogP contribution is 1.97. The summed E-state index contributed by atoms with van der Waals surface area (Å²) in [6, 6.07) is -0.720. The van der Waals surface area contributed by atoms with Crippen LogP contribution in [-0.4, -0.2) is 40.3 Å². The molecule has 0 bridgehead atoms. The number of halogens is 2. The molecule has 1 aromatic heterocycles. The Balaban J connectivity index is 0. The SMILES string of the molecule is Cl.Cl.N[C@@H](Cc1cnc[nH]1)C(=O)OCCO. The molecule has 94 valence electrons. The zero-order valence-electron chi connectivity index (χ0n) is 8.46. The Hall–Kier alpha value is -0.820. The molecule has 0 saturated carbocycles. The second-order valence-corrected chi connectivity index (χ2v) is 2.78. The van der Waals surface area contributed by atoms with Gasteiger partial charge in [0.1, 0.15) is 12.6 Å². The Morgan fingerprint density at radius 1 is 1.62 bits per heavy atom. The van der Waals surface area contributed by atoms with Crippen LogP contribution in [0.3, 0.4) is 0 Å². The number of carbonyl (C=O) groups is 1. The molecule has 4 N–H and O–H groups in total. The molecular weight excluding hydrogens is 257 g/mol. The van der Waals surface area contributed by atoms with E-state index in [1.807, 2.05) is 0 Å². The van der Waals surface area contributed by atoms with Gasteiger partial charge in [0.25, 0.3) is 0 Å². The third-order valence-corrected chi connectivity index (χ3v) is 1.63. The normalized spacial score (nSPS) is 10.9. The van der Waals surface area contributed by atoms with Gasteiger partial charge in [0, 0.05) is 18.3 Å². The first-order valence-corrected chi connectivity index (χ1v) is 4.24. The van der Waals surface area contributed by atoms with Gasteiger partial charge in [-0.15, -0.1) is 24.8 Å². The van der Waals surface area contributed by atoms with Crippen molar-refractivity contribution >= 4 is 30.8 Å². The summed E-state index contributed by atoms with van der Waals surface area (Å²) in [5, 5.41) is 8.42. The van der Waals surface area contributed by atoms with E-state index in [1.54, 1.807) is 6.20 Å². The zero-order valence-corrected chi connectivity index (χ0v) is 10.1. The van der Waals surface area contributed by atoms with E-state index in [1.165, 1.54) is 6.33 Å². The Labute approximate surface area is 105 Å². The van der Waals surface area contributed by atoms with Gasteiger partial charge in [0.2, 0.25) is 0 Å². The van der Waals surface area contributed by atoms with E-state index in [4.69, 9.17) is 10.8 Å². The predicted octanol–water partition coefficient (Wildman–Crippen LogP) is -0.341. The van der Waals surface area contributed by atoms with E-state index >= 15 is 0 Å². The van der Waals surface area contributed by atoms with Crippen LogP contribution in [-0.2, 0) is 16.0 Å². The maximum Gasteiger partial charge on any atom is 0.323 e. The summed E-state index contributed by atoms with van der Waals surface area (Å²) in [7, 11) is 0. The Morgan fingerprint density at radius 2 is 2.31 bits per heavy atom. The van der Waals surface area contributed by atoms with Crippen LogP contribution >= 0.6 is 24.8 Å². The molecular formula is C8H15Cl2N3O3. The number of aliphatic hydroxyl groups is 1. The van der Waals surface area contributed by atoms with Gasteiger partial charge in [-0.1, -0.05) is 0 Å². The van der Waals surface area contributed by atoms with Crippen molar-refractivity contribution < 1.29 is 14.6 Å². The first kappa shape index (κ1) is 17.6. The molecule has 0 radical (unpaired) electrons. The summed E-state index contributed by atoms with van der Waals surface area (Å²) in [5.41, 5.74) is 6.32. The van der Waals surface area contributed by atoms with E-state index in [0.717, 1.165) is 5.69 Å². The van der Waals surface area contributed by atoms with Crippen molar-refractivity contribution in [3.8, 4) is 0 Å². The molecule has 1 atom stereocenters. The molecule has 0 fully saturated rings. The van der Waals surface area contributed by atoms with Crippen LogP contribution in [0.15, 0.2) is 12.5 Å². The largest absolute Gasteiger partial charge is 0.462 e. The van der Waals surface area contributed by atoms with Crippen LogP contribution in [0.1, 0.15) is 5.69 Å². The van der Waals surface area contributed by atoms with Gasteiger partial charge in [0.15, 0.2) is 0 Å². The van der Waals surface area contributed by atoms with Crippen molar-refractivity contribution in [1.82, 2.24) is 9.97 Å². The van der Waals surface area contributed by atoms with Crippen molar-refractivity contribution in [2.24, 2.45) is 5.73 Å². The molecule has 1 rings (SSSR count). The van der Waals surface area contributed by atoms with Gasteiger partial charge in [-0.3, -0.25) is 4.79 Å². The molecule has 6 nitrogen and oxygen atoms in total. The molecule has 0 aliphatic heterocycles. The first-order valence-electron chi connectivity index (χ1n) is 4.24. The Kier molecular flexibility index (Phi) is 10.3. The highest BCUT2D eigenvalue weighted by molar-refractivity contribution is 5.85. The van der Waals surface area contributed by atoms with E-state index < -0.39 is 12.0 Å². The number of aliphatic hydroxyl groups excluding tert-OH is 1. The standard InChI is InChI=1S/C8H13N3O3.2ClH/c9-7(8(13)14-2-1-12)3-6-4-10-5-11-6;;/h4-5,7,12H,1-3,9H2,(H,10,11);2*1H/t7-;;/m0../s1. The number of rotatable bonds is 5. The van der Waals surface area contributed by atoms with Crippen LogP contribution in [0, 0.1) is 0 Å². The zero-order chi connectivity index (χ0) is 10.4. The predicted molar refractivity (Wildman–Crippen MR) is 62.8 cm³/mol. The number of esters is 1. The minimum atomic E-state index is -0.720. The number of nitrogens with two attached hydrogens (primary N) is 1. The van der Waals surface area contributed by atoms with E-state index in [9.17, 15) is 4.79 Å². The van der Waals surface area contributed by atoms with Crippen molar-refractivity contribution in [2.75, 3.05) is 13.2 Å². The second kappa shape index (κ2) is 9.41. The van der Waals surface area contributed by atoms with Gasteiger partial charge < -0.3 is 20.6 Å². The lowest BCUT2D eigenvalue weighted by atomic mass is 10.2. The number of H-pyrrole nitrogens is 1. The first-order chi connectivity index (χ1) is 6.74. The minimum Gasteiger partial charge on any atom is -0.462 e. The topological polar surface area (TPSA) is 101 Å². The number of nitrogens with one attached hydrogen (secondary N) is 1. The van der Waals surface area contributed by atoms with E-state index in [2.05, 4.69) is 14.7 Å². The summed E-state index contributed by atoms with van der Waals surface area (Å²) in [6.07, 6.45) is 3.46. The van der Waals surface area contributed by atoms with Crippen LogP contribution in [0.4, 0.5) is 0 Å². The molecule has 0 spiro atoms. The van der Waals surface area contributed by atoms with E-state index in [0.29, 0.717) is 6.42 Å². The summed E-state index contributed by atoms with van der Waals surface area (Å²) in [6.45, 7) is -0.210. The molecule has 0 saturated heterocycles. The second-order valence-electron chi connectivity index (χ2n) is 2.78. The summed E-state index contributed by atoms with van der Waals surface area (Å²) >= 11 is 0. The molecule has 0 amide bonds. The molecule has 1 aromatic rings. The lowest BCUT2D eigenvalue weighted by Gasteiger charge is -2.09. The number of imidazole rings is 1. The monoisotopic (exact) mass is 271 g/mol. The molecule has 1 heterocycles. The highest BCUT2D eigenvalue weighted by Gasteiger charge is 2.15. The van der Waals surface area contributed by atoms with Gasteiger partial charge in [-0.25, -0.2) is 4.98 Å². The van der Waals surface area contributed by atoms with Crippen LogP contribution in [0.5, 0.6) is 0 Å². The maximum atomic E-state index is 11.1. The number of aromatic amines is 1. The molecule has 0 aliphatic rings. The van der Waals surface area contributed by atoms with Crippen LogP contribution in [0.25, 0.3) is 0 Å². The molecule has 0 unspecified atom stereocenters. The highest BCUT2D eigenvalue weighted by atomic mass is 35.5. The fourth-order valence-corrected chi connectivity index (χ4v) is 0.970. The average Bonchev–Trinajstić information content (AvgIpc) is 2.66. The fourth-order valence-electron chi connectivity index (χ4n) is 0.970. The fraction of sp³-hybridized carbons (Fsp3) is 0.500. The summed E-state index contributed by atoms with van der Waals surface area (Å²) in [4.78, 5) is 17.8. The summed E-state index contributed by atoms with van der Waals surface area (Å²) < 4.78 is 4.65. The molecule has 8 heteroatoms. The lowest BCUT2D eigenvalue weighted by Crippen LogP contribution is -2.35. The van der Waals surface area contributed by atoms with Crippen molar-refractivity contribution in [3.63, 3.8) is 0 Å². The molecule has 0 aliphatic carbocycles. The van der Waals surface area contributed by atoms with Gasteiger partial charge >= 0.3 is 5.97 Å². The number of nitrogens with zero attached hydrogens (tertiary/aromatic N) is 1. The van der Waals surface area contributed by atoms with Gasteiger partial charge in [0.05, 0.1) is 12.9 Å². The number of ether oxygens (including phenoxy) is 1. The number of aromatic nitrogens is 2. The lowest BCUT2D eigenvalue weighted by molar-refractivity contribution is -0.146. The van der Waals surface area contributed by atoms with Crippen molar-refractivity contribution in [1.29, 1.82) is 0 Å². The maximum absolute atomic E-state index is 11.1. The number of carbonyl (C=O) groups excluding carboxylic acids is 1. The molecule has 16 heavy (non-hydrogen) atoms. The number of hydrogen-bond donors (Lipinski definition) is 3. The number of hydrogen-bond acceptors (Lipinski definition) is 5. The molecule has 0 aromatic carbocycles. The van der Waals surface area contributed by atoms with Gasteiger partial charge in [-0.05, 0) is 0 Å². The quantitative estimate of drug-likeness (QED) is 0.636. The van der Waals surface area contributed by atoms with Crippen molar-refractivity contribution in [2.45, 2.75) is 12.5 Å². The third-order valence-electron chi connectivity index (χ3n) is 1.63. The third kappa shape index (κ3) is 5.92. The van der Waals surface area contributed by atoms with Crippen LogP contribution in [0.2, 0.25) is 0 Å². The van der Waals surface area contributed by atoms with E-state index in [-0.39, 0.29) is 38.0 Å². The van der Waals surface area contributed by atoms with Gasteiger partial charge in [-0.2, -0.15) is 0 Å². The minimum absolute atomic E-state index is 0. The Bertz CT molecular complexity index is 282. The van der Waals surface area contributed by atoms with Crippen molar-refractivity contribution in [3.05, 3.63) is 18.2 Å². The average molecular weight is 272 g/mol. The summed E-state index contributed by atoms with van der Waals surface area (Å²) in [5.74, 6) is -0.520.